The van der Waals surface area contributed by atoms with Crippen LogP contribution in [0, 0.1) is 5.82 Å². The highest BCUT2D eigenvalue weighted by Crippen LogP contribution is 2.20. The molecule has 1 aromatic heterocycles. The second kappa shape index (κ2) is 4.11. The first kappa shape index (κ1) is 10.3. The molecule has 0 atom stereocenters. The minimum Gasteiger partial charge on any atom is -0.355 e. The van der Waals surface area contributed by atoms with Gasteiger partial charge in [0, 0.05) is 11.6 Å². The lowest BCUT2D eigenvalue weighted by Crippen LogP contribution is -2.30. The molecule has 5 nitrogen and oxygen atoms in total. The highest BCUT2D eigenvalue weighted by Gasteiger charge is 2.12. The Morgan fingerprint density at radius 2 is 2.06 bits per heavy atom. The van der Waals surface area contributed by atoms with Gasteiger partial charge in [0.1, 0.15) is 5.82 Å². The van der Waals surface area contributed by atoms with E-state index in [0.29, 0.717) is 11.3 Å². The summed E-state index contributed by atoms with van der Waals surface area (Å²) in [4.78, 5) is 11.1. The van der Waals surface area contributed by atoms with Crippen LogP contribution in [0.1, 0.15) is 10.5 Å². The van der Waals surface area contributed by atoms with Crippen LogP contribution < -0.4 is 11.3 Å². The van der Waals surface area contributed by atoms with Gasteiger partial charge in [-0.2, -0.15) is 0 Å². The van der Waals surface area contributed by atoms with Crippen LogP contribution in [0.15, 0.2) is 34.9 Å². The number of rotatable bonds is 2. The smallest absolute Gasteiger partial charge is 0.287 e. The maximum Gasteiger partial charge on any atom is 0.287 e. The van der Waals surface area contributed by atoms with Gasteiger partial charge in [0.05, 0.1) is 0 Å². The van der Waals surface area contributed by atoms with Crippen LogP contribution >= 0.6 is 0 Å². The largest absolute Gasteiger partial charge is 0.355 e. The summed E-state index contributed by atoms with van der Waals surface area (Å²) in [5.41, 5.74) is 2.63. The lowest BCUT2D eigenvalue weighted by molar-refractivity contribution is 0.0944. The number of nitrogens with zero attached hydrogens (tertiary/aromatic N) is 1. The Labute approximate surface area is 90.0 Å². The zero-order valence-corrected chi connectivity index (χ0v) is 8.11. The summed E-state index contributed by atoms with van der Waals surface area (Å²) in [6.07, 6.45) is 0. The van der Waals surface area contributed by atoms with Gasteiger partial charge >= 0.3 is 0 Å². The van der Waals surface area contributed by atoms with Crippen molar-refractivity contribution in [1.29, 1.82) is 0 Å². The van der Waals surface area contributed by atoms with Crippen LogP contribution in [0.2, 0.25) is 0 Å². The molecule has 2 aromatic rings. The minimum absolute atomic E-state index is 0.0711. The van der Waals surface area contributed by atoms with E-state index in [1.807, 2.05) is 5.43 Å². The molecule has 0 radical (unpaired) electrons. The highest BCUT2D eigenvalue weighted by atomic mass is 19.1. The lowest BCUT2D eigenvalue weighted by Gasteiger charge is -1.93. The summed E-state index contributed by atoms with van der Waals surface area (Å²) in [5.74, 6) is 4.43. The van der Waals surface area contributed by atoms with E-state index in [1.165, 1.54) is 30.3 Å². The number of benzene rings is 1. The van der Waals surface area contributed by atoms with Gasteiger partial charge in [-0.3, -0.25) is 10.2 Å². The number of halogens is 1. The minimum atomic E-state index is -0.544. The highest BCUT2D eigenvalue weighted by molar-refractivity contribution is 5.92. The summed E-state index contributed by atoms with van der Waals surface area (Å²) < 4.78 is 17.6. The molecule has 16 heavy (non-hydrogen) atoms. The number of aromatic nitrogens is 1. The van der Waals surface area contributed by atoms with Crippen molar-refractivity contribution in [2.45, 2.75) is 0 Å². The van der Waals surface area contributed by atoms with Crippen molar-refractivity contribution in [2.24, 2.45) is 5.84 Å². The molecule has 3 N–H and O–H groups in total. The molecule has 1 aromatic carbocycles. The average Bonchev–Trinajstić information content (AvgIpc) is 2.78. The fraction of sp³-hybridized carbons (Fsp3) is 0. The van der Waals surface area contributed by atoms with Gasteiger partial charge in [-0.25, -0.2) is 10.2 Å². The van der Waals surface area contributed by atoms with Gasteiger partial charge in [-0.1, -0.05) is 5.16 Å². The Morgan fingerprint density at radius 1 is 1.38 bits per heavy atom. The fourth-order valence-electron chi connectivity index (χ4n) is 1.21. The molecule has 1 amide bonds. The maximum atomic E-state index is 12.7. The van der Waals surface area contributed by atoms with Crippen molar-refractivity contribution in [2.75, 3.05) is 0 Å². The summed E-state index contributed by atoms with van der Waals surface area (Å²) in [7, 11) is 0. The van der Waals surface area contributed by atoms with E-state index in [1.54, 1.807) is 0 Å². The van der Waals surface area contributed by atoms with Gasteiger partial charge < -0.3 is 4.52 Å². The van der Waals surface area contributed by atoms with Gasteiger partial charge in [-0.15, -0.1) is 0 Å². The molecule has 1 heterocycles. The molecule has 0 aliphatic carbocycles. The number of carbonyl (C=O) groups excluding carboxylic acids is 1. The van der Waals surface area contributed by atoms with Crippen LogP contribution in [-0.2, 0) is 0 Å². The zero-order valence-electron chi connectivity index (χ0n) is 8.11. The van der Waals surface area contributed by atoms with Gasteiger partial charge in [0.15, 0.2) is 11.5 Å². The first-order valence-electron chi connectivity index (χ1n) is 4.44. The summed E-state index contributed by atoms with van der Waals surface area (Å²) >= 11 is 0. The molecule has 0 bridgehead atoms. The van der Waals surface area contributed by atoms with Crippen molar-refractivity contribution in [3.05, 3.63) is 41.8 Å². The number of carbonyl (C=O) groups is 1. The molecule has 0 aliphatic rings. The van der Waals surface area contributed by atoms with E-state index in [0.717, 1.165) is 0 Å². The SMILES string of the molecule is NNC(=O)c1cc(-c2ccc(F)cc2)on1. The molecule has 0 saturated carbocycles. The second-order valence-corrected chi connectivity index (χ2v) is 3.06. The van der Waals surface area contributed by atoms with Gasteiger partial charge in [0.25, 0.3) is 5.91 Å². The van der Waals surface area contributed by atoms with E-state index >= 15 is 0 Å². The Balaban J connectivity index is 2.31. The lowest BCUT2D eigenvalue weighted by atomic mass is 10.1. The van der Waals surface area contributed by atoms with E-state index in [-0.39, 0.29) is 11.5 Å². The van der Waals surface area contributed by atoms with E-state index in [4.69, 9.17) is 10.4 Å². The van der Waals surface area contributed by atoms with Crippen LogP contribution in [0.4, 0.5) is 4.39 Å². The first-order chi connectivity index (χ1) is 7.70. The number of nitrogens with one attached hydrogen (secondary N) is 1. The number of nitrogen functional groups attached to an aromatic ring is 1. The molecule has 2 rings (SSSR count). The topological polar surface area (TPSA) is 81.1 Å². The predicted molar refractivity (Wildman–Crippen MR) is 53.6 cm³/mol. The molecule has 6 heteroatoms. The summed E-state index contributed by atoms with van der Waals surface area (Å²) in [6, 6.07) is 7.07. The molecule has 0 aliphatic heterocycles. The van der Waals surface area contributed by atoms with Crippen LogP contribution in [0.5, 0.6) is 0 Å². The molecular weight excluding hydrogens is 213 g/mol. The Bertz CT molecular complexity index is 507. The van der Waals surface area contributed by atoms with Gasteiger partial charge in [0.2, 0.25) is 0 Å². The normalized spacial score (nSPS) is 10.1. The molecule has 0 unspecified atom stereocenters. The van der Waals surface area contributed by atoms with Gasteiger partial charge in [-0.05, 0) is 24.3 Å². The Hall–Kier alpha value is -2.21. The number of amides is 1. The predicted octanol–water partition coefficient (Wildman–Crippen LogP) is 1.08. The molecule has 0 fully saturated rings. The van der Waals surface area contributed by atoms with E-state index < -0.39 is 5.91 Å². The zero-order chi connectivity index (χ0) is 11.5. The van der Waals surface area contributed by atoms with Crippen molar-refractivity contribution in [3.8, 4) is 11.3 Å². The maximum absolute atomic E-state index is 12.7. The van der Waals surface area contributed by atoms with Crippen molar-refractivity contribution >= 4 is 5.91 Å². The third-order valence-corrected chi connectivity index (χ3v) is 2.00. The van der Waals surface area contributed by atoms with Crippen LogP contribution in [-0.4, -0.2) is 11.1 Å². The fourth-order valence-corrected chi connectivity index (χ4v) is 1.21. The van der Waals surface area contributed by atoms with Crippen molar-refractivity contribution in [3.63, 3.8) is 0 Å². The monoisotopic (exact) mass is 221 g/mol. The molecular formula is C10H8FN3O2. The molecule has 0 saturated heterocycles. The van der Waals surface area contributed by atoms with E-state index in [9.17, 15) is 9.18 Å². The van der Waals surface area contributed by atoms with Crippen LogP contribution in [0.3, 0.4) is 0 Å². The third-order valence-electron chi connectivity index (χ3n) is 2.00. The first-order valence-corrected chi connectivity index (χ1v) is 4.44. The number of hydrazine groups is 1. The van der Waals surface area contributed by atoms with Crippen molar-refractivity contribution < 1.29 is 13.7 Å². The van der Waals surface area contributed by atoms with Crippen molar-refractivity contribution in [1.82, 2.24) is 10.6 Å². The third kappa shape index (κ3) is 1.91. The number of hydrogen-bond donors (Lipinski definition) is 2. The Morgan fingerprint density at radius 3 is 2.69 bits per heavy atom. The quantitative estimate of drug-likeness (QED) is 0.451. The standard InChI is InChI=1S/C10H8FN3O2/c11-7-3-1-6(2-4-7)9-5-8(14-16-9)10(15)13-12/h1-5H,12H2,(H,13,15). The Kier molecular flexibility index (Phi) is 2.65. The van der Waals surface area contributed by atoms with Crippen LogP contribution in [0.25, 0.3) is 11.3 Å². The molecule has 0 spiro atoms. The number of nitrogens with two attached hydrogens (primary N) is 1. The second-order valence-electron chi connectivity index (χ2n) is 3.06. The molecule has 82 valence electrons. The summed E-state index contributed by atoms with van der Waals surface area (Å²) in [6.45, 7) is 0. The summed E-state index contributed by atoms with van der Waals surface area (Å²) in [5, 5.41) is 3.52. The average molecular weight is 221 g/mol. The van der Waals surface area contributed by atoms with E-state index in [2.05, 4.69) is 5.16 Å². The number of hydrogen-bond acceptors (Lipinski definition) is 4.